The number of nitrogens with zero attached hydrogens (tertiary/aromatic N) is 4. The third kappa shape index (κ3) is 2.60. The SMILES string of the molecule is CC(Cl)c1nc2ccc(Br)cc2n1CCn1cccn1. The highest BCUT2D eigenvalue weighted by Crippen LogP contribution is 2.26. The molecule has 104 valence electrons. The summed E-state index contributed by atoms with van der Waals surface area (Å²) in [6.45, 7) is 3.53. The predicted molar refractivity (Wildman–Crippen MR) is 83.9 cm³/mol. The molecule has 1 unspecified atom stereocenters. The normalized spacial score (nSPS) is 12.9. The molecule has 1 aromatic carbocycles. The molecule has 0 bridgehead atoms. The molecule has 0 radical (unpaired) electrons. The first-order chi connectivity index (χ1) is 9.65. The fraction of sp³-hybridized carbons (Fsp3) is 0.286. The molecule has 0 aliphatic rings. The molecule has 0 saturated carbocycles. The number of aryl methyl sites for hydroxylation is 2. The Labute approximate surface area is 130 Å². The van der Waals surface area contributed by atoms with E-state index in [-0.39, 0.29) is 5.38 Å². The maximum Gasteiger partial charge on any atom is 0.127 e. The van der Waals surface area contributed by atoms with Crippen LogP contribution in [0.5, 0.6) is 0 Å². The van der Waals surface area contributed by atoms with Crippen LogP contribution in [0.2, 0.25) is 0 Å². The van der Waals surface area contributed by atoms with Gasteiger partial charge in [-0.2, -0.15) is 5.10 Å². The van der Waals surface area contributed by atoms with Crippen LogP contribution in [0.25, 0.3) is 11.0 Å². The Balaban J connectivity index is 2.01. The van der Waals surface area contributed by atoms with E-state index >= 15 is 0 Å². The molecule has 1 atom stereocenters. The van der Waals surface area contributed by atoms with Crippen LogP contribution in [-0.2, 0) is 13.1 Å². The van der Waals surface area contributed by atoms with Gasteiger partial charge in [0.2, 0.25) is 0 Å². The first-order valence-corrected chi connectivity index (χ1v) is 7.65. The van der Waals surface area contributed by atoms with Gasteiger partial charge in [0.25, 0.3) is 0 Å². The van der Waals surface area contributed by atoms with Gasteiger partial charge in [-0.3, -0.25) is 4.68 Å². The Morgan fingerprint density at radius 1 is 1.35 bits per heavy atom. The summed E-state index contributed by atoms with van der Waals surface area (Å²) in [7, 11) is 0. The Morgan fingerprint density at radius 2 is 2.20 bits per heavy atom. The summed E-state index contributed by atoms with van der Waals surface area (Å²) in [4.78, 5) is 4.63. The zero-order valence-corrected chi connectivity index (χ0v) is 13.3. The van der Waals surface area contributed by atoms with E-state index < -0.39 is 0 Å². The van der Waals surface area contributed by atoms with Gasteiger partial charge in [0, 0.05) is 23.4 Å². The molecule has 0 aliphatic carbocycles. The van der Waals surface area contributed by atoms with Gasteiger partial charge in [0.15, 0.2) is 0 Å². The molecule has 4 nitrogen and oxygen atoms in total. The summed E-state index contributed by atoms with van der Waals surface area (Å²) in [5, 5.41) is 4.10. The van der Waals surface area contributed by atoms with Crippen LogP contribution in [0.4, 0.5) is 0 Å². The number of imidazole rings is 1. The second kappa shape index (κ2) is 5.58. The summed E-state index contributed by atoms with van der Waals surface area (Å²) in [6, 6.07) is 8.00. The Morgan fingerprint density at radius 3 is 2.90 bits per heavy atom. The first kappa shape index (κ1) is 13.6. The second-order valence-corrected chi connectivity index (χ2v) is 6.21. The highest BCUT2D eigenvalue weighted by atomic mass is 79.9. The van der Waals surface area contributed by atoms with Gasteiger partial charge >= 0.3 is 0 Å². The van der Waals surface area contributed by atoms with Crippen LogP contribution in [0.3, 0.4) is 0 Å². The molecule has 0 amide bonds. The van der Waals surface area contributed by atoms with Crippen molar-refractivity contribution in [1.29, 1.82) is 0 Å². The minimum atomic E-state index is -0.126. The van der Waals surface area contributed by atoms with Gasteiger partial charge < -0.3 is 4.57 Å². The van der Waals surface area contributed by atoms with Gasteiger partial charge in [-0.1, -0.05) is 15.9 Å². The van der Waals surface area contributed by atoms with Crippen LogP contribution in [0, 0.1) is 0 Å². The zero-order chi connectivity index (χ0) is 14.1. The van der Waals surface area contributed by atoms with Gasteiger partial charge in [-0.25, -0.2) is 4.98 Å². The number of alkyl halides is 1. The minimum Gasteiger partial charge on any atom is -0.325 e. The molecule has 20 heavy (non-hydrogen) atoms. The van der Waals surface area contributed by atoms with E-state index in [4.69, 9.17) is 11.6 Å². The third-order valence-electron chi connectivity index (χ3n) is 3.21. The van der Waals surface area contributed by atoms with E-state index in [1.807, 2.05) is 36.0 Å². The molecule has 6 heteroatoms. The fourth-order valence-corrected chi connectivity index (χ4v) is 2.80. The van der Waals surface area contributed by atoms with E-state index in [2.05, 4.69) is 36.6 Å². The lowest BCUT2D eigenvalue weighted by Gasteiger charge is -2.10. The quantitative estimate of drug-likeness (QED) is 0.665. The van der Waals surface area contributed by atoms with E-state index in [1.54, 1.807) is 6.20 Å². The second-order valence-electron chi connectivity index (χ2n) is 4.64. The Kier molecular flexibility index (Phi) is 3.81. The van der Waals surface area contributed by atoms with E-state index in [0.29, 0.717) is 0 Å². The fourth-order valence-electron chi connectivity index (χ4n) is 2.29. The minimum absolute atomic E-state index is 0.126. The molecule has 2 aromatic heterocycles. The van der Waals surface area contributed by atoms with Crippen molar-refractivity contribution in [3.05, 3.63) is 47.0 Å². The highest BCUT2D eigenvalue weighted by Gasteiger charge is 2.15. The number of rotatable bonds is 4. The highest BCUT2D eigenvalue weighted by molar-refractivity contribution is 9.10. The lowest BCUT2D eigenvalue weighted by molar-refractivity contribution is 0.528. The van der Waals surface area contributed by atoms with Crippen molar-refractivity contribution in [1.82, 2.24) is 19.3 Å². The summed E-state index contributed by atoms with van der Waals surface area (Å²) in [5.74, 6) is 0.895. The van der Waals surface area contributed by atoms with Crippen molar-refractivity contribution in [3.63, 3.8) is 0 Å². The molecule has 3 aromatic rings. The summed E-state index contributed by atoms with van der Waals surface area (Å²) in [6.07, 6.45) is 3.74. The number of halogens is 2. The molecular formula is C14H14BrClN4. The molecule has 2 heterocycles. The summed E-state index contributed by atoms with van der Waals surface area (Å²) >= 11 is 9.77. The predicted octanol–water partition coefficient (Wildman–Crippen LogP) is 4.00. The molecule has 0 spiro atoms. The van der Waals surface area contributed by atoms with Gasteiger partial charge in [0.1, 0.15) is 5.82 Å². The van der Waals surface area contributed by atoms with Crippen molar-refractivity contribution >= 4 is 38.6 Å². The zero-order valence-electron chi connectivity index (χ0n) is 11.0. The Bertz CT molecular complexity index is 718. The smallest absolute Gasteiger partial charge is 0.127 e. The number of aromatic nitrogens is 4. The van der Waals surface area contributed by atoms with Crippen molar-refractivity contribution in [2.24, 2.45) is 0 Å². The van der Waals surface area contributed by atoms with Crippen LogP contribution in [0.15, 0.2) is 41.1 Å². The van der Waals surface area contributed by atoms with Crippen molar-refractivity contribution in [2.45, 2.75) is 25.4 Å². The summed E-state index contributed by atoms with van der Waals surface area (Å²) in [5.41, 5.74) is 2.06. The lowest BCUT2D eigenvalue weighted by atomic mass is 10.3. The number of benzene rings is 1. The number of hydrogen-bond donors (Lipinski definition) is 0. The molecule has 0 aliphatic heterocycles. The molecule has 0 saturated heterocycles. The topological polar surface area (TPSA) is 35.6 Å². The maximum atomic E-state index is 6.26. The monoisotopic (exact) mass is 352 g/mol. The van der Waals surface area contributed by atoms with Crippen molar-refractivity contribution in [3.8, 4) is 0 Å². The van der Waals surface area contributed by atoms with E-state index in [1.165, 1.54) is 0 Å². The number of hydrogen-bond acceptors (Lipinski definition) is 2. The van der Waals surface area contributed by atoms with Gasteiger partial charge in [-0.15, -0.1) is 11.6 Å². The standard InChI is InChI=1S/C14H14BrClN4/c1-10(16)14-18-12-4-3-11(15)9-13(12)20(14)8-7-19-6-2-5-17-19/h2-6,9-10H,7-8H2,1H3. The average molecular weight is 354 g/mol. The number of fused-ring (bicyclic) bond motifs is 1. The summed E-state index contributed by atoms with van der Waals surface area (Å²) < 4.78 is 5.12. The molecule has 3 rings (SSSR count). The van der Waals surface area contributed by atoms with E-state index in [9.17, 15) is 0 Å². The van der Waals surface area contributed by atoms with Crippen molar-refractivity contribution < 1.29 is 0 Å². The van der Waals surface area contributed by atoms with Gasteiger partial charge in [-0.05, 0) is 31.2 Å². The maximum absolute atomic E-state index is 6.26. The van der Waals surface area contributed by atoms with E-state index in [0.717, 1.165) is 34.4 Å². The lowest BCUT2D eigenvalue weighted by Crippen LogP contribution is -2.11. The van der Waals surface area contributed by atoms with Crippen LogP contribution in [-0.4, -0.2) is 19.3 Å². The molecule has 0 N–H and O–H groups in total. The van der Waals surface area contributed by atoms with Gasteiger partial charge in [0.05, 0.1) is 23.0 Å². The van der Waals surface area contributed by atoms with Crippen molar-refractivity contribution in [2.75, 3.05) is 0 Å². The first-order valence-electron chi connectivity index (χ1n) is 6.42. The van der Waals surface area contributed by atoms with Crippen LogP contribution < -0.4 is 0 Å². The third-order valence-corrected chi connectivity index (χ3v) is 3.90. The van der Waals surface area contributed by atoms with Crippen LogP contribution >= 0.6 is 27.5 Å². The largest absolute Gasteiger partial charge is 0.325 e. The molecule has 0 fully saturated rings. The van der Waals surface area contributed by atoms with Crippen LogP contribution in [0.1, 0.15) is 18.1 Å². The average Bonchev–Trinajstić information content (AvgIpc) is 3.03. The molecular weight excluding hydrogens is 340 g/mol. The Hall–Kier alpha value is -1.33.